The van der Waals surface area contributed by atoms with Crippen LogP contribution in [0.3, 0.4) is 0 Å². The SMILES string of the molecule is C1CCC2CC3CCCC4CC(C1)CC4C2C3. The summed E-state index contributed by atoms with van der Waals surface area (Å²) in [5, 5.41) is 0. The number of hydrogen-bond donors (Lipinski definition) is 0. The van der Waals surface area contributed by atoms with E-state index in [0.29, 0.717) is 0 Å². The van der Waals surface area contributed by atoms with Gasteiger partial charge < -0.3 is 0 Å². The van der Waals surface area contributed by atoms with E-state index in [0.717, 1.165) is 23.7 Å². The van der Waals surface area contributed by atoms with Gasteiger partial charge in [-0.05, 0) is 61.2 Å². The van der Waals surface area contributed by atoms with E-state index in [-0.39, 0.29) is 0 Å². The zero-order chi connectivity index (χ0) is 11.2. The van der Waals surface area contributed by atoms with E-state index >= 15 is 0 Å². The van der Waals surface area contributed by atoms with Gasteiger partial charge >= 0.3 is 0 Å². The monoisotopic (exact) mass is 232 g/mol. The number of fused-ring (bicyclic) bond motifs is 2. The minimum atomic E-state index is 1.14. The van der Waals surface area contributed by atoms with Gasteiger partial charge in [-0.15, -0.1) is 0 Å². The first kappa shape index (κ1) is 10.9. The van der Waals surface area contributed by atoms with Gasteiger partial charge in [0.25, 0.3) is 0 Å². The summed E-state index contributed by atoms with van der Waals surface area (Å²) >= 11 is 0. The Labute approximate surface area is 107 Å². The van der Waals surface area contributed by atoms with Crippen LogP contribution in [0.1, 0.15) is 70.6 Å². The molecule has 4 aliphatic rings. The summed E-state index contributed by atoms with van der Waals surface area (Å²) in [6, 6.07) is 0. The zero-order valence-electron chi connectivity index (χ0n) is 11.2. The van der Waals surface area contributed by atoms with E-state index in [1.165, 1.54) is 11.8 Å². The van der Waals surface area contributed by atoms with Gasteiger partial charge in [-0.25, -0.2) is 0 Å². The van der Waals surface area contributed by atoms with E-state index in [4.69, 9.17) is 0 Å². The molecule has 6 unspecified atom stereocenters. The summed E-state index contributed by atoms with van der Waals surface area (Å²) in [5.41, 5.74) is 0. The van der Waals surface area contributed by atoms with Crippen LogP contribution < -0.4 is 0 Å². The number of hydrogen-bond acceptors (Lipinski definition) is 0. The highest BCUT2D eigenvalue weighted by molar-refractivity contribution is 4.96. The van der Waals surface area contributed by atoms with Crippen molar-refractivity contribution in [3.05, 3.63) is 0 Å². The molecule has 0 aliphatic heterocycles. The topological polar surface area (TPSA) is 0 Å². The van der Waals surface area contributed by atoms with Gasteiger partial charge in [-0.1, -0.05) is 44.9 Å². The Bertz CT molecular complexity index is 282. The molecule has 0 saturated heterocycles. The Balaban J connectivity index is 1.65. The molecule has 0 radical (unpaired) electrons. The normalized spacial score (nSPS) is 53.6. The van der Waals surface area contributed by atoms with Gasteiger partial charge in [0.2, 0.25) is 0 Å². The van der Waals surface area contributed by atoms with E-state index in [1.54, 1.807) is 70.6 Å². The van der Waals surface area contributed by atoms with Gasteiger partial charge in [-0.2, -0.15) is 0 Å². The lowest BCUT2D eigenvalue weighted by atomic mass is 9.74. The Hall–Kier alpha value is 0. The fourth-order valence-electron chi connectivity index (χ4n) is 6.25. The fourth-order valence-corrected chi connectivity index (χ4v) is 6.25. The lowest BCUT2D eigenvalue weighted by Crippen LogP contribution is -2.23. The molecule has 96 valence electrons. The summed E-state index contributed by atoms with van der Waals surface area (Å²) in [7, 11) is 0. The van der Waals surface area contributed by atoms with Gasteiger partial charge in [0.1, 0.15) is 0 Å². The molecule has 0 N–H and O–H groups in total. The first-order valence-corrected chi connectivity index (χ1v) is 8.40. The molecular weight excluding hydrogens is 204 g/mol. The van der Waals surface area contributed by atoms with Crippen molar-refractivity contribution in [2.45, 2.75) is 70.6 Å². The molecule has 0 aromatic heterocycles. The second kappa shape index (κ2) is 4.28. The molecule has 4 saturated carbocycles. The van der Waals surface area contributed by atoms with E-state index in [9.17, 15) is 0 Å². The lowest BCUT2D eigenvalue weighted by molar-refractivity contribution is 0.182. The molecule has 4 bridgehead atoms. The van der Waals surface area contributed by atoms with Crippen LogP contribution >= 0.6 is 0 Å². The predicted octanol–water partition coefficient (Wildman–Crippen LogP) is 5.03. The van der Waals surface area contributed by atoms with Crippen LogP contribution in [-0.2, 0) is 0 Å². The second-order valence-electron chi connectivity index (χ2n) is 7.74. The van der Waals surface area contributed by atoms with Crippen LogP contribution in [0.15, 0.2) is 0 Å². The molecule has 4 aliphatic carbocycles. The van der Waals surface area contributed by atoms with Crippen LogP contribution in [0.25, 0.3) is 0 Å². The average Bonchev–Trinajstić information content (AvgIpc) is 2.88. The molecule has 0 aromatic rings. The molecular formula is C17H28. The third-order valence-electron chi connectivity index (χ3n) is 6.87. The maximum absolute atomic E-state index is 1.64. The molecule has 4 fully saturated rings. The minimum absolute atomic E-state index is 1.14. The van der Waals surface area contributed by atoms with Crippen molar-refractivity contribution in [1.29, 1.82) is 0 Å². The molecule has 0 spiro atoms. The van der Waals surface area contributed by atoms with Crippen molar-refractivity contribution in [3.63, 3.8) is 0 Å². The van der Waals surface area contributed by atoms with Crippen molar-refractivity contribution in [1.82, 2.24) is 0 Å². The van der Waals surface area contributed by atoms with Crippen molar-refractivity contribution >= 4 is 0 Å². The van der Waals surface area contributed by atoms with Gasteiger partial charge in [-0.3, -0.25) is 0 Å². The maximum Gasteiger partial charge on any atom is -0.0352 e. The average molecular weight is 232 g/mol. The molecule has 0 nitrogen and oxygen atoms in total. The quantitative estimate of drug-likeness (QED) is 0.549. The molecule has 0 amide bonds. The fraction of sp³-hybridized carbons (Fsp3) is 1.00. The summed E-state index contributed by atoms with van der Waals surface area (Å²) in [4.78, 5) is 0. The Kier molecular flexibility index (Phi) is 2.74. The number of rotatable bonds is 0. The van der Waals surface area contributed by atoms with Gasteiger partial charge in [0.05, 0.1) is 0 Å². The first-order chi connectivity index (χ1) is 8.40. The third kappa shape index (κ3) is 1.87. The van der Waals surface area contributed by atoms with Crippen molar-refractivity contribution in [3.8, 4) is 0 Å². The predicted molar refractivity (Wildman–Crippen MR) is 71.7 cm³/mol. The van der Waals surface area contributed by atoms with Crippen molar-refractivity contribution in [2.75, 3.05) is 0 Å². The van der Waals surface area contributed by atoms with Crippen LogP contribution in [0.4, 0.5) is 0 Å². The first-order valence-electron chi connectivity index (χ1n) is 8.40. The molecule has 4 rings (SSSR count). The largest absolute Gasteiger partial charge is 0.0530 e. The summed E-state index contributed by atoms with van der Waals surface area (Å²) in [6.45, 7) is 0. The summed E-state index contributed by atoms with van der Waals surface area (Å²) in [5.74, 6) is 6.94. The van der Waals surface area contributed by atoms with Crippen molar-refractivity contribution < 1.29 is 0 Å². The molecule has 0 aromatic carbocycles. The molecule has 6 atom stereocenters. The summed E-state index contributed by atoms with van der Waals surface area (Å²) in [6.07, 6.45) is 17.6. The third-order valence-corrected chi connectivity index (χ3v) is 6.87. The van der Waals surface area contributed by atoms with E-state index in [1.807, 2.05) is 0 Å². The van der Waals surface area contributed by atoms with Crippen LogP contribution in [0.2, 0.25) is 0 Å². The maximum atomic E-state index is 1.64. The lowest BCUT2D eigenvalue weighted by Gasteiger charge is -2.31. The zero-order valence-corrected chi connectivity index (χ0v) is 11.2. The Morgan fingerprint density at radius 1 is 0.471 bits per heavy atom. The summed E-state index contributed by atoms with van der Waals surface area (Å²) < 4.78 is 0. The minimum Gasteiger partial charge on any atom is -0.0530 e. The van der Waals surface area contributed by atoms with Gasteiger partial charge in [0.15, 0.2) is 0 Å². The van der Waals surface area contributed by atoms with E-state index in [2.05, 4.69) is 0 Å². The van der Waals surface area contributed by atoms with E-state index < -0.39 is 0 Å². The molecule has 17 heavy (non-hydrogen) atoms. The Morgan fingerprint density at radius 3 is 1.71 bits per heavy atom. The van der Waals surface area contributed by atoms with Crippen LogP contribution in [-0.4, -0.2) is 0 Å². The highest BCUT2D eigenvalue weighted by Gasteiger charge is 2.46. The second-order valence-corrected chi connectivity index (χ2v) is 7.74. The molecule has 0 heteroatoms. The highest BCUT2D eigenvalue weighted by atomic mass is 14.5. The van der Waals surface area contributed by atoms with Gasteiger partial charge in [0, 0.05) is 0 Å². The molecule has 0 heterocycles. The smallest absolute Gasteiger partial charge is 0.0352 e. The standard InChI is InChI=1S/C17H28/c1-2-6-14-9-13-5-3-7-15-8-12(4-1)10-17(15)16(14)11-13/h12-17H,1-11H2. The Morgan fingerprint density at radius 2 is 1.00 bits per heavy atom. The van der Waals surface area contributed by atoms with Crippen molar-refractivity contribution in [2.24, 2.45) is 35.5 Å². The van der Waals surface area contributed by atoms with Crippen LogP contribution in [0, 0.1) is 35.5 Å². The highest BCUT2D eigenvalue weighted by Crippen LogP contribution is 2.56. The van der Waals surface area contributed by atoms with Crippen LogP contribution in [0.5, 0.6) is 0 Å².